The van der Waals surface area contributed by atoms with Gasteiger partial charge in [0.1, 0.15) is 6.04 Å². The standard InChI is InChI=1S/C18H27N3O2/c1-2-19-18(23)20-17(22)16(15-11-7-6-8-12-15)21-13-9-4-3-5-10-14-21/h6-8,11-12,16H,2-5,9-10,13-14H2,1H3,(H2,19,20,22,23). The predicted octanol–water partition coefficient (Wildman–Crippen LogP) is 2.84. The zero-order chi connectivity index (χ0) is 16.5. The molecule has 23 heavy (non-hydrogen) atoms. The zero-order valence-electron chi connectivity index (χ0n) is 13.9. The molecule has 126 valence electrons. The first-order valence-electron chi connectivity index (χ1n) is 8.60. The van der Waals surface area contributed by atoms with Crippen LogP contribution in [0.25, 0.3) is 0 Å². The average molecular weight is 317 g/mol. The van der Waals surface area contributed by atoms with Gasteiger partial charge in [-0.15, -0.1) is 0 Å². The van der Waals surface area contributed by atoms with E-state index in [0.717, 1.165) is 31.5 Å². The monoisotopic (exact) mass is 317 g/mol. The molecule has 2 N–H and O–H groups in total. The van der Waals surface area contributed by atoms with Gasteiger partial charge >= 0.3 is 6.03 Å². The van der Waals surface area contributed by atoms with Gasteiger partial charge in [-0.2, -0.15) is 0 Å². The second-order valence-electron chi connectivity index (χ2n) is 5.97. The van der Waals surface area contributed by atoms with Gasteiger partial charge in [-0.25, -0.2) is 4.79 Å². The first-order chi connectivity index (χ1) is 11.2. The van der Waals surface area contributed by atoms with E-state index in [0.29, 0.717) is 6.54 Å². The van der Waals surface area contributed by atoms with Crippen LogP contribution in [0.2, 0.25) is 0 Å². The van der Waals surface area contributed by atoms with E-state index in [9.17, 15) is 9.59 Å². The molecule has 1 fully saturated rings. The maximum atomic E-state index is 12.7. The number of nitrogens with zero attached hydrogens (tertiary/aromatic N) is 1. The van der Waals surface area contributed by atoms with Crippen molar-refractivity contribution in [3.05, 3.63) is 35.9 Å². The number of likely N-dealkylation sites (tertiary alicyclic amines) is 1. The Kier molecular flexibility index (Phi) is 7.07. The second kappa shape index (κ2) is 9.30. The van der Waals surface area contributed by atoms with Crippen molar-refractivity contribution in [3.8, 4) is 0 Å². The van der Waals surface area contributed by atoms with Gasteiger partial charge in [0, 0.05) is 6.54 Å². The third-order valence-electron chi connectivity index (χ3n) is 4.19. The van der Waals surface area contributed by atoms with E-state index in [-0.39, 0.29) is 5.91 Å². The van der Waals surface area contributed by atoms with Gasteiger partial charge in [0.25, 0.3) is 0 Å². The van der Waals surface area contributed by atoms with Gasteiger partial charge in [-0.05, 0) is 38.4 Å². The summed E-state index contributed by atoms with van der Waals surface area (Å²) in [7, 11) is 0. The van der Waals surface area contributed by atoms with Crippen molar-refractivity contribution in [1.82, 2.24) is 15.5 Å². The molecule has 1 saturated heterocycles. The van der Waals surface area contributed by atoms with Gasteiger partial charge in [0.2, 0.25) is 5.91 Å². The Hall–Kier alpha value is -1.88. The van der Waals surface area contributed by atoms with Crippen LogP contribution >= 0.6 is 0 Å². The second-order valence-corrected chi connectivity index (χ2v) is 5.97. The van der Waals surface area contributed by atoms with Crippen LogP contribution in [0, 0.1) is 0 Å². The highest BCUT2D eigenvalue weighted by Crippen LogP contribution is 2.24. The summed E-state index contributed by atoms with van der Waals surface area (Å²) >= 11 is 0. The minimum atomic E-state index is -0.425. The fraction of sp³-hybridized carbons (Fsp3) is 0.556. The van der Waals surface area contributed by atoms with Gasteiger partial charge in [-0.3, -0.25) is 15.0 Å². The molecular formula is C18H27N3O2. The van der Waals surface area contributed by atoms with Crippen LogP contribution in [-0.2, 0) is 4.79 Å². The molecule has 0 saturated carbocycles. The van der Waals surface area contributed by atoms with E-state index in [1.807, 2.05) is 37.3 Å². The molecule has 5 heteroatoms. The number of rotatable bonds is 4. The topological polar surface area (TPSA) is 61.4 Å². The van der Waals surface area contributed by atoms with Crippen molar-refractivity contribution in [2.45, 2.75) is 45.1 Å². The number of carbonyl (C=O) groups excluding carboxylic acids is 2. The first-order valence-corrected chi connectivity index (χ1v) is 8.60. The summed E-state index contributed by atoms with van der Waals surface area (Å²) in [6, 6.07) is 8.90. The lowest BCUT2D eigenvalue weighted by atomic mass is 10.0. The van der Waals surface area contributed by atoms with Crippen LogP contribution in [-0.4, -0.2) is 36.5 Å². The van der Waals surface area contributed by atoms with Crippen molar-refractivity contribution in [2.24, 2.45) is 0 Å². The third kappa shape index (κ3) is 5.36. The number of imide groups is 1. The highest BCUT2D eigenvalue weighted by molar-refractivity contribution is 5.97. The molecule has 2 rings (SSSR count). The molecule has 1 heterocycles. The molecule has 3 amide bonds. The number of hydrogen-bond donors (Lipinski definition) is 2. The minimum absolute atomic E-state index is 0.247. The Morgan fingerprint density at radius 2 is 1.65 bits per heavy atom. The number of hydrogen-bond acceptors (Lipinski definition) is 3. The largest absolute Gasteiger partial charge is 0.338 e. The zero-order valence-corrected chi connectivity index (χ0v) is 13.9. The molecule has 0 radical (unpaired) electrons. The Morgan fingerprint density at radius 3 is 2.26 bits per heavy atom. The molecule has 0 aromatic heterocycles. The molecule has 0 aliphatic carbocycles. The number of nitrogens with one attached hydrogen (secondary N) is 2. The van der Waals surface area contributed by atoms with E-state index in [2.05, 4.69) is 15.5 Å². The smallest absolute Gasteiger partial charge is 0.321 e. The van der Waals surface area contributed by atoms with Crippen LogP contribution in [0.1, 0.15) is 50.6 Å². The average Bonchev–Trinajstić information content (AvgIpc) is 2.50. The van der Waals surface area contributed by atoms with Crippen molar-refractivity contribution >= 4 is 11.9 Å². The molecule has 1 atom stereocenters. The maximum absolute atomic E-state index is 12.7. The van der Waals surface area contributed by atoms with Crippen LogP contribution in [0.3, 0.4) is 0 Å². The first kappa shape index (κ1) is 17.5. The normalized spacial score (nSPS) is 17.6. The summed E-state index contributed by atoms with van der Waals surface area (Å²) in [5, 5.41) is 5.10. The molecular weight excluding hydrogens is 290 g/mol. The Bertz CT molecular complexity index is 496. The molecule has 1 aliphatic rings. The van der Waals surface area contributed by atoms with Gasteiger partial charge in [-0.1, -0.05) is 49.6 Å². The third-order valence-corrected chi connectivity index (χ3v) is 4.19. The van der Waals surface area contributed by atoms with Crippen molar-refractivity contribution in [3.63, 3.8) is 0 Å². The summed E-state index contributed by atoms with van der Waals surface area (Å²) in [5.41, 5.74) is 0.940. The van der Waals surface area contributed by atoms with Crippen molar-refractivity contribution in [2.75, 3.05) is 19.6 Å². The van der Waals surface area contributed by atoms with Crippen LogP contribution < -0.4 is 10.6 Å². The lowest BCUT2D eigenvalue weighted by molar-refractivity contribution is -0.125. The van der Waals surface area contributed by atoms with Gasteiger partial charge < -0.3 is 5.32 Å². The van der Waals surface area contributed by atoms with Crippen molar-refractivity contribution in [1.29, 1.82) is 0 Å². The fourth-order valence-electron chi connectivity index (χ4n) is 3.08. The molecule has 5 nitrogen and oxygen atoms in total. The highest BCUT2D eigenvalue weighted by atomic mass is 16.2. The number of urea groups is 1. The SMILES string of the molecule is CCNC(=O)NC(=O)C(c1ccccc1)N1CCCCCCC1. The summed E-state index contributed by atoms with van der Waals surface area (Å²) in [5.74, 6) is -0.247. The molecule has 1 aromatic rings. The van der Waals surface area contributed by atoms with Crippen molar-refractivity contribution < 1.29 is 9.59 Å². The molecule has 1 unspecified atom stereocenters. The summed E-state index contributed by atoms with van der Waals surface area (Å²) in [6.45, 7) is 4.11. The number of benzene rings is 1. The number of carbonyl (C=O) groups is 2. The van der Waals surface area contributed by atoms with E-state index in [1.54, 1.807) is 0 Å². The predicted molar refractivity (Wildman–Crippen MR) is 91.1 cm³/mol. The Labute approximate surface area is 138 Å². The van der Waals surface area contributed by atoms with E-state index >= 15 is 0 Å². The molecule has 1 aliphatic heterocycles. The molecule has 0 spiro atoms. The minimum Gasteiger partial charge on any atom is -0.338 e. The summed E-state index contributed by atoms with van der Waals surface area (Å²) in [4.78, 5) is 26.7. The summed E-state index contributed by atoms with van der Waals surface area (Å²) in [6.07, 6.45) is 5.87. The lowest BCUT2D eigenvalue weighted by Gasteiger charge is -2.32. The van der Waals surface area contributed by atoms with Gasteiger partial charge in [0.15, 0.2) is 0 Å². The van der Waals surface area contributed by atoms with E-state index in [4.69, 9.17) is 0 Å². The van der Waals surface area contributed by atoms with Crippen LogP contribution in [0.15, 0.2) is 30.3 Å². The quantitative estimate of drug-likeness (QED) is 0.897. The van der Waals surface area contributed by atoms with E-state index in [1.165, 1.54) is 19.3 Å². The lowest BCUT2D eigenvalue weighted by Crippen LogP contribution is -2.47. The Morgan fingerprint density at radius 1 is 1.04 bits per heavy atom. The molecule has 0 bridgehead atoms. The maximum Gasteiger partial charge on any atom is 0.321 e. The molecule has 1 aromatic carbocycles. The van der Waals surface area contributed by atoms with Gasteiger partial charge in [0.05, 0.1) is 0 Å². The number of amides is 3. The van der Waals surface area contributed by atoms with Crippen LogP contribution in [0.5, 0.6) is 0 Å². The van der Waals surface area contributed by atoms with Crippen LogP contribution in [0.4, 0.5) is 4.79 Å². The van der Waals surface area contributed by atoms with E-state index < -0.39 is 12.1 Å². The highest BCUT2D eigenvalue weighted by Gasteiger charge is 2.28. The summed E-state index contributed by atoms with van der Waals surface area (Å²) < 4.78 is 0. The fourth-order valence-corrected chi connectivity index (χ4v) is 3.08. The Balaban J connectivity index is 2.17.